The van der Waals surface area contributed by atoms with Gasteiger partial charge in [0.25, 0.3) is 11.8 Å². The summed E-state index contributed by atoms with van der Waals surface area (Å²) >= 11 is 0. The average molecular weight is 266 g/mol. The van der Waals surface area contributed by atoms with E-state index in [1.54, 1.807) is 24.3 Å². The highest BCUT2D eigenvalue weighted by atomic mass is 16.2. The maximum Gasteiger partial charge on any atom is 0.263 e. The summed E-state index contributed by atoms with van der Waals surface area (Å²) in [5, 5.41) is 0. The SMILES string of the molecule is Cc1ccc(C(N)N2C(=O)c3ccccc3C2=O)cc1. The lowest BCUT2D eigenvalue weighted by Gasteiger charge is -2.22. The van der Waals surface area contributed by atoms with Crippen molar-refractivity contribution in [3.8, 4) is 0 Å². The van der Waals surface area contributed by atoms with Gasteiger partial charge in [-0.1, -0.05) is 42.0 Å². The number of fused-ring (bicyclic) bond motifs is 1. The van der Waals surface area contributed by atoms with Crippen molar-refractivity contribution in [1.82, 2.24) is 4.90 Å². The van der Waals surface area contributed by atoms with Crippen LogP contribution in [0.5, 0.6) is 0 Å². The van der Waals surface area contributed by atoms with Gasteiger partial charge >= 0.3 is 0 Å². The van der Waals surface area contributed by atoms with Crippen molar-refractivity contribution in [1.29, 1.82) is 0 Å². The first-order chi connectivity index (χ1) is 9.59. The summed E-state index contributed by atoms with van der Waals surface area (Å²) in [7, 11) is 0. The Morgan fingerprint density at radius 2 is 1.40 bits per heavy atom. The smallest absolute Gasteiger partial charge is 0.263 e. The monoisotopic (exact) mass is 266 g/mol. The Morgan fingerprint density at radius 1 is 0.900 bits per heavy atom. The molecule has 1 aliphatic heterocycles. The molecule has 2 aromatic carbocycles. The van der Waals surface area contributed by atoms with Crippen molar-refractivity contribution in [3.63, 3.8) is 0 Å². The molecular formula is C16H14N2O2. The molecule has 1 unspecified atom stereocenters. The lowest BCUT2D eigenvalue weighted by molar-refractivity contribution is 0.0586. The van der Waals surface area contributed by atoms with Crippen molar-refractivity contribution in [2.75, 3.05) is 0 Å². The van der Waals surface area contributed by atoms with Crippen LogP contribution in [0.3, 0.4) is 0 Å². The summed E-state index contributed by atoms with van der Waals surface area (Å²) in [5.74, 6) is -0.669. The fraction of sp³-hybridized carbons (Fsp3) is 0.125. The van der Waals surface area contributed by atoms with Gasteiger partial charge in [0.05, 0.1) is 11.1 Å². The number of benzene rings is 2. The molecule has 3 rings (SSSR count). The van der Waals surface area contributed by atoms with E-state index in [2.05, 4.69) is 0 Å². The molecular weight excluding hydrogens is 252 g/mol. The first-order valence-electron chi connectivity index (χ1n) is 6.38. The maximum absolute atomic E-state index is 12.3. The third-order valence-electron chi connectivity index (χ3n) is 3.52. The Morgan fingerprint density at radius 3 is 1.90 bits per heavy atom. The number of aryl methyl sites for hydroxylation is 1. The predicted octanol–water partition coefficient (Wildman–Crippen LogP) is 2.25. The number of nitrogens with zero attached hydrogens (tertiary/aromatic N) is 1. The normalized spacial score (nSPS) is 15.4. The number of carbonyl (C=O) groups excluding carboxylic acids is 2. The molecule has 4 nitrogen and oxygen atoms in total. The largest absolute Gasteiger partial charge is 0.307 e. The van der Waals surface area contributed by atoms with Crippen LogP contribution in [0.15, 0.2) is 48.5 Å². The molecule has 4 heteroatoms. The molecule has 0 radical (unpaired) electrons. The Bertz CT molecular complexity index is 657. The molecule has 20 heavy (non-hydrogen) atoms. The molecule has 2 aromatic rings. The molecule has 2 N–H and O–H groups in total. The summed E-state index contributed by atoms with van der Waals surface area (Å²) in [6.45, 7) is 1.97. The third-order valence-corrected chi connectivity index (χ3v) is 3.52. The van der Waals surface area contributed by atoms with Crippen LogP contribution in [0.4, 0.5) is 0 Å². The van der Waals surface area contributed by atoms with Gasteiger partial charge in [0.15, 0.2) is 0 Å². The molecule has 1 heterocycles. The molecule has 0 bridgehead atoms. The topological polar surface area (TPSA) is 63.4 Å². The summed E-state index contributed by atoms with van der Waals surface area (Å²) < 4.78 is 0. The molecule has 0 saturated heterocycles. The van der Waals surface area contributed by atoms with Gasteiger partial charge in [-0.15, -0.1) is 0 Å². The summed E-state index contributed by atoms with van der Waals surface area (Å²) in [6, 6.07) is 14.3. The first kappa shape index (κ1) is 12.6. The van der Waals surface area contributed by atoms with Crippen molar-refractivity contribution in [3.05, 3.63) is 70.8 Å². The summed E-state index contributed by atoms with van der Waals surface area (Å²) in [6.07, 6.45) is -0.761. The number of rotatable bonds is 2. The van der Waals surface area contributed by atoms with Crippen LogP contribution in [-0.4, -0.2) is 16.7 Å². The van der Waals surface area contributed by atoms with Crippen molar-refractivity contribution in [2.24, 2.45) is 5.73 Å². The Hall–Kier alpha value is -2.46. The Labute approximate surface area is 116 Å². The van der Waals surface area contributed by atoms with Crippen LogP contribution in [0.2, 0.25) is 0 Å². The Kier molecular flexibility index (Phi) is 2.88. The Balaban J connectivity index is 1.98. The van der Waals surface area contributed by atoms with E-state index in [9.17, 15) is 9.59 Å². The van der Waals surface area contributed by atoms with Crippen molar-refractivity contribution < 1.29 is 9.59 Å². The van der Waals surface area contributed by atoms with Gasteiger partial charge < -0.3 is 5.73 Å². The lowest BCUT2D eigenvalue weighted by atomic mass is 10.1. The average Bonchev–Trinajstić information content (AvgIpc) is 2.72. The zero-order chi connectivity index (χ0) is 14.3. The van der Waals surface area contributed by atoms with E-state index in [0.717, 1.165) is 16.0 Å². The number of amides is 2. The van der Waals surface area contributed by atoms with Gasteiger partial charge in [0.1, 0.15) is 6.17 Å². The molecule has 1 aliphatic rings. The summed E-state index contributed by atoms with van der Waals surface area (Å²) in [4.78, 5) is 25.7. The number of nitrogens with two attached hydrogens (primary N) is 1. The standard InChI is InChI=1S/C16H14N2O2/c1-10-6-8-11(9-7-10)14(17)18-15(19)12-4-2-3-5-13(12)16(18)20/h2-9,14H,17H2,1H3. The van der Waals surface area contributed by atoms with E-state index in [0.29, 0.717) is 11.1 Å². The van der Waals surface area contributed by atoms with Crippen LogP contribution < -0.4 is 5.73 Å². The molecule has 2 amide bonds. The van der Waals surface area contributed by atoms with E-state index >= 15 is 0 Å². The lowest BCUT2D eigenvalue weighted by Crippen LogP contribution is -2.38. The van der Waals surface area contributed by atoms with Crippen LogP contribution in [-0.2, 0) is 0 Å². The van der Waals surface area contributed by atoms with Crippen LogP contribution in [0.25, 0.3) is 0 Å². The van der Waals surface area contributed by atoms with Crippen LogP contribution in [0.1, 0.15) is 38.0 Å². The van der Waals surface area contributed by atoms with E-state index in [4.69, 9.17) is 5.73 Å². The predicted molar refractivity (Wildman–Crippen MR) is 75.0 cm³/mol. The van der Waals surface area contributed by atoms with Gasteiger partial charge in [-0.2, -0.15) is 0 Å². The van der Waals surface area contributed by atoms with Crippen molar-refractivity contribution in [2.45, 2.75) is 13.1 Å². The maximum atomic E-state index is 12.3. The highest BCUT2D eigenvalue weighted by Crippen LogP contribution is 2.28. The summed E-state index contributed by atoms with van der Waals surface area (Å²) in [5.41, 5.74) is 8.77. The van der Waals surface area contributed by atoms with E-state index in [1.807, 2.05) is 31.2 Å². The zero-order valence-corrected chi connectivity index (χ0v) is 11.0. The first-order valence-corrected chi connectivity index (χ1v) is 6.38. The van der Waals surface area contributed by atoms with Crippen LogP contribution >= 0.6 is 0 Å². The molecule has 0 fully saturated rings. The van der Waals surface area contributed by atoms with E-state index in [-0.39, 0.29) is 11.8 Å². The molecule has 0 aromatic heterocycles. The van der Waals surface area contributed by atoms with E-state index < -0.39 is 6.17 Å². The van der Waals surface area contributed by atoms with Gasteiger partial charge in [0, 0.05) is 0 Å². The number of hydrogen-bond acceptors (Lipinski definition) is 3. The zero-order valence-electron chi connectivity index (χ0n) is 11.0. The van der Waals surface area contributed by atoms with E-state index in [1.165, 1.54) is 0 Å². The molecule has 1 atom stereocenters. The fourth-order valence-corrected chi connectivity index (χ4v) is 2.37. The fourth-order valence-electron chi connectivity index (χ4n) is 2.37. The minimum atomic E-state index is -0.761. The van der Waals surface area contributed by atoms with Gasteiger partial charge in [0.2, 0.25) is 0 Å². The van der Waals surface area contributed by atoms with Crippen molar-refractivity contribution >= 4 is 11.8 Å². The second kappa shape index (κ2) is 4.58. The highest BCUT2D eigenvalue weighted by molar-refractivity contribution is 6.21. The van der Waals surface area contributed by atoms with Gasteiger partial charge in [-0.25, -0.2) is 0 Å². The minimum absolute atomic E-state index is 0.335. The highest BCUT2D eigenvalue weighted by Gasteiger charge is 2.38. The number of hydrogen-bond donors (Lipinski definition) is 1. The number of carbonyl (C=O) groups is 2. The second-order valence-corrected chi connectivity index (χ2v) is 4.88. The molecule has 100 valence electrons. The van der Waals surface area contributed by atoms with Crippen LogP contribution in [0, 0.1) is 6.92 Å². The quantitative estimate of drug-likeness (QED) is 0.848. The molecule has 0 saturated carbocycles. The van der Waals surface area contributed by atoms with Gasteiger partial charge in [-0.3, -0.25) is 14.5 Å². The second-order valence-electron chi connectivity index (χ2n) is 4.88. The number of imide groups is 1. The molecule has 0 aliphatic carbocycles. The third kappa shape index (κ3) is 1.82. The van der Waals surface area contributed by atoms with Gasteiger partial charge in [-0.05, 0) is 24.6 Å². The minimum Gasteiger partial charge on any atom is -0.307 e. The molecule has 0 spiro atoms.